The van der Waals surface area contributed by atoms with Crippen LogP contribution in [-0.4, -0.2) is 12.7 Å². The molecule has 0 spiro atoms. The molecule has 0 radical (unpaired) electrons. The molecule has 4 heteroatoms. The number of fused-ring (bicyclic) bond motifs is 1. The number of rotatable bonds is 9. The fraction of sp³-hybridized carbons (Fsp3) is 0.611. The Morgan fingerprint density at radius 1 is 1.18 bits per heavy atom. The van der Waals surface area contributed by atoms with E-state index in [0.29, 0.717) is 0 Å². The van der Waals surface area contributed by atoms with Gasteiger partial charge in [-0.3, -0.25) is 4.79 Å². The molecule has 1 aliphatic rings. The topological polar surface area (TPSA) is 61.6 Å². The summed E-state index contributed by atoms with van der Waals surface area (Å²) in [6, 6.07) is 5.92. The molecule has 0 aliphatic carbocycles. The van der Waals surface area contributed by atoms with Gasteiger partial charge in [0, 0.05) is 11.5 Å². The highest BCUT2D eigenvalue weighted by molar-refractivity contribution is 5.78. The van der Waals surface area contributed by atoms with E-state index in [9.17, 15) is 4.79 Å². The number of para-hydroxylation sites is 1. The lowest BCUT2D eigenvalue weighted by Crippen LogP contribution is -2.29. The maximum Gasteiger partial charge on any atom is 0.231 e. The Morgan fingerprint density at radius 2 is 2.00 bits per heavy atom. The molecule has 1 aliphatic heterocycles. The highest BCUT2D eigenvalue weighted by atomic mass is 16.7. The summed E-state index contributed by atoms with van der Waals surface area (Å²) in [6.07, 6.45) is 6.10. The molecule has 0 saturated heterocycles. The first-order valence-electron chi connectivity index (χ1n) is 8.36. The zero-order valence-electron chi connectivity index (χ0n) is 13.6. The molecule has 2 atom stereocenters. The first-order valence-corrected chi connectivity index (χ1v) is 8.36. The largest absolute Gasteiger partial charge is 0.454 e. The molecule has 4 nitrogen and oxygen atoms in total. The van der Waals surface area contributed by atoms with Crippen LogP contribution < -0.4 is 15.2 Å². The van der Waals surface area contributed by atoms with E-state index >= 15 is 0 Å². The van der Waals surface area contributed by atoms with Gasteiger partial charge >= 0.3 is 0 Å². The van der Waals surface area contributed by atoms with E-state index < -0.39 is 0 Å². The molecule has 0 saturated carbocycles. The molecule has 0 aromatic heterocycles. The second-order valence-corrected chi connectivity index (χ2v) is 5.98. The summed E-state index contributed by atoms with van der Waals surface area (Å²) in [4.78, 5) is 12.0. The van der Waals surface area contributed by atoms with Crippen LogP contribution in [0.1, 0.15) is 63.9 Å². The van der Waals surface area contributed by atoms with Gasteiger partial charge in [-0.15, -0.1) is 0 Å². The molecule has 2 N–H and O–H groups in total. The summed E-state index contributed by atoms with van der Waals surface area (Å²) < 4.78 is 11.1. The fourth-order valence-electron chi connectivity index (χ4n) is 3.29. The maximum absolute atomic E-state index is 12.0. The maximum atomic E-state index is 12.0. The number of nitrogens with two attached hydrogens (primary N) is 1. The van der Waals surface area contributed by atoms with Crippen LogP contribution in [0.25, 0.3) is 0 Å². The molecule has 2 rings (SSSR count). The SMILES string of the molecule is CCCCCC(C(N)=O)C(CCC)c1cccc2c1OCO2. The number of hydrogen-bond acceptors (Lipinski definition) is 3. The third kappa shape index (κ3) is 3.73. The zero-order chi connectivity index (χ0) is 15.9. The first kappa shape index (κ1) is 16.7. The number of ether oxygens (including phenoxy) is 2. The number of hydrogen-bond donors (Lipinski definition) is 1. The Kier molecular flexibility index (Phi) is 6.10. The van der Waals surface area contributed by atoms with E-state index in [4.69, 9.17) is 15.2 Å². The van der Waals surface area contributed by atoms with Gasteiger partial charge in [0.05, 0.1) is 0 Å². The summed E-state index contributed by atoms with van der Waals surface area (Å²) in [5.41, 5.74) is 6.79. The summed E-state index contributed by atoms with van der Waals surface area (Å²) in [6.45, 7) is 4.55. The van der Waals surface area contributed by atoms with Gasteiger partial charge in [-0.05, 0) is 24.8 Å². The normalized spacial score (nSPS) is 15.5. The highest BCUT2D eigenvalue weighted by Crippen LogP contribution is 2.44. The van der Waals surface area contributed by atoms with Gasteiger partial charge in [0.25, 0.3) is 0 Å². The van der Waals surface area contributed by atoms with Gasteiger partial charge in [0.2, 0.25) is 12.7 Å². The Bertz CT molecular complexity index is 501. The van der Waals surface area contributed by atoms with E-state index in [1.165, 1.54) is 0 Å². The molecule has 0 fully saturated rings. The predicted molar refractivity (Wildman–Crippen MR) is 87.0 cm³/mol. The zero-order valence-corrected chi connectivity index (χ0v) is 13.6. The fourth-order valence-corrected chi connectivity index (χ4v) is 3.29. The first-order chi connectivity index (χ1) is 10.7. The van der Waals surface area contributed by atoms with Crippen molar-refractivity contribution in [3.05, 3.63) is 23.8 Å². The average molecular weight is 305 g/mol. The van der Waals surface area contributed by atoms with Gasteiger partial charge in [-0.1, -0.05) is 51.7 Å². The Morgan fingerprint density at radius 3 is 2.68 bits per heavy atom. The lowest BCUT2D eigenvalue weighted by Gasteiger charge is -2.26. The number of unbranched alkanes of at least 4 members (excludes halogenated alkanes) is 2. The van der Waals surface area contributed by atoms with E-state index in [2.05, 4.69) is 13.8 Å². The van der Waals surface area contributed by atoms with E-state index in [1.54, 1.807) is 0 Å². The van der Waals surface area contributed by atoms with Crippen molar-refractivity contribution in [1.29, 1.82) is 0 Å². The summed E-state index contributed by atoms with van der Waals surface area (Å²) in [5, 5.41) is 0. The molecular weight excluding hydrogens is 278 g/mol. The summed E-state index contributed by atoms with van der Waals surface area (Å²) in [5.74, 6) is 1.34. The van der Waals surface area contributed by atoms with Crippen LogP contribution in [0.4, 0.5) is 0 Å². The van der Waals surface area contributed by atoms with Crippen LogP contribution in [0, 0.1) is 5.92 Å². The Hall–Kier alpha value is -1.71. The van der Waals surface area contributed by atoms with Gasteiger partial charge in [0.15, 0.2) is 11.5 Å². The van der Waals surface area contributed by atoms with E-state index in [-0.39, 0.29) is 24.5 Å². The number of carbonyl (C=O) groups is 1. The molecule has 2 unspecified atom stereocenters. The molecule has 1 aromatic carbocycles. The lowest BCUT2D eigenvalue weighted by atomic mass is 9.79. The standard InChI is InChI=1S/C18H27NO3/c1-3-5-6-9-15(18(19)20)13(8-4-2)14-10-7-11-16-17(14)22-12-21-16/h7,10-11,13,15H,3-6,8-9,12H2,1-2H3,(H2,19,20). The quantitative estimate of drug-likeness (QED) is 0.702. The molecule has 1 heterocycles. The van der Waals surface area contributed by atoms with Crippen molar-refractivity contribution in [3.63, 3.8) is 0 Å². The molecule has 122 valence electrons. The minimum atomic E-state index is -0.203. The lowest BCUT2D eigenvalue weighted by molar-refractivity contribution is -0.122. The van der Waals surface area contributed by atoms with E-state index in [0.717, 1.165) is 55.6 Å². The predicted octanol–water partition coefficient (Wildman–Crippen LogP) is 3.98. The molecule has 1 aromatic rings. The summed E-state index contributed by atoms with van der Waals surface area (Å²) in [7, 11) is 0. The minimum Gasteiger partial charge on any atom is -0.454 e. The second-order valence-electron chi connectivity index (χ2n) is 5.98. The molecule has 22 heavy (non-hydrogen) atoms. The van der Waals surface area contributed by atoms with Crippen LogP contribution >= 0.6 is 0 Å². The van der Waals surface area contributed by atoms with Crippen LogP contribution in [0.2, 0.25) is 0 Å². The third-order valence-corrected chi connectivity index (χ3v) is 4.40. The average Bonchev–Trinajstić information content (AvgIpc) is 2.98. The van der Waals surface area contributed by atoms with Crippen molar-refractivity contribution in [3.8, 4) is 11.5 Å². The van der Waals surface area contributed by atoms with Crippen molar-refractivity contribution >= 4 is 5.91 Å². The number of benzene rings is 1. The van der Waals surface area contributed by atoms with Gasteiger partial charge in [-0.2, -0.15) is 0 Å². The van der Waals surface area contributed by atoms with Gasteiger partial charge in [-0.25, -0.2) is 0 Å². The van der Waals surface area contributed by atoms with E-state index in [1.807, 2.05) is 18.2 Å². The van der Waals surface area contributed by atoms with Crippen LogP contribution in [0.5, 0.6) is 11.5 Å². The summed E-state index contributed by atoms with van der Waals surface area (Å²) >= 11 is 0. The molecular formula is C18H27NO3. The van der Waals surface area contributed by atoms with Gasteiger partial charge < -0.3 is 15.2 Å². The van der Waals surface area contributed by atoms with Crippen molar-refractivity contribution in [1.82, 2.24) is 0 Å². The van der Waals surface area contributed by atoms with Crippen molar-refractivity contribution in [2.75, 3.05) is 6.79 Å². The van der Waals surface area contributed by atoms with Crippen molar-refractivity contribution in [2.45, 2.75) is 58.3 Å². The van der Waals surface area contributed by atoms with Gasteiger partial charge in [0.1, 0.15) is 0 Å². The monoisotopic (exact) mass is 305 g/mol. The Labute approximate surface area is 133 Å². The Balaban J connectivity index is 2.27. The number of primary amides is 1. The van der Waals surface area contributed by atoms with Crippen molar-refractivity contribution < 1.29 is 14.3 Å². The highest BCUT2D eigenvalue weighted by Gasteiger charge is 2.31. The smallest absolute Gasteiger partial charge is 0.231 e. The molecule has 0 bridgehead atoms. The van der Waals surface area contributed by atoms with Crippen molar-refractivity contribution in [2.24, 2.45) is 11.7 Å². The number of carbonyl (C=O) groups excluding carboxylic acids is 1. The number of amides is 1. The van der Waals surface area contributed by atoms with Crippen LogP contribution in [-0.2, 0) is 4.79 Å². The minimum absolute atomic E-state index is 0.107. The van der Waals surface area contributed by atoms with Crippen LogP contribution in [0.3, 0.4) is 0 Å². The third-order valence-electron chi connectivity index (χ3n) is 4.40. The second kappa shape index (κ2) is 8.06. The van der Waals surface area contributed by atoms with Crippen LogP contribution in [0.15, 0.2) is 18.2 Å². The molecule has 1 amide bonds.